The molecule has 2 aliphatic heterocycles. The highest BCUT2D eigenvalue weighted by Gasteiger charge is 2.39. The Morgan fingerprint density at radius 2 is 2.00 bits per heavy atom. The van der Waals surface area contributed by atoms with Crippen LogP contribution in [-0.4, -0.2) is 29.0 Å². The van der Waals surface area contributed by atoms with Gasteiger partial charge < -0.3 is 20.0 Å². The van der Waals surface area contributed by atoms with Gasteiger partial charge in [0.15, 0.2) is 5.76 Å². The molecule has 2 bridgehead atoms. The van der Waals surface area contributed by atoms with Crippen LogP contribution in [-0.2, 0) is 0 Å². The van der Waals surface area contributed by atoms with E-state index in [1.807, 2.05) is 42.6 Å². The molecule has 1 amide bonds. The lowest BCUT2D eigenvalue weighted by Crippen LogP contribution is -2.42. The van der Waals surface area contributed by atoms with Crippen LogP contribution in [0.2, 0.25) is 0 Å². The average Bonchev–Trinajstić information content (AvgIpc) is 3.46. The van der Waals surface area contributed by atoms with Crippen LogP contribution >= 0.6 is 0 Å². The van der Waals surface area contributed by atoms with Gasteiger partial charge in [-0.2, -0.15) is 0 Å². The highest BCUT2D eigenvalue weighted by atomic mass is 16.3. The van der Waals surface area contributed by atoms with Gasteiger partial charge in [-0.05, 0) is 55.2 Å². The average molecular weight is 347 g/mol. The lowest BCUT2D eigenvalue weighted by molar-refractivity contribution is 0.0903. The largest absolute Gasteiger partial charge is 0.451 e. The van der Waals surface area contributed by atoms with Gasteiger partial charge in [0.05, 0.1) is 0 Å². The number of furan rings is 1. The number of carbonyl (C=O) groups excluding carboxylic acids is 1. The Bertz CT molecular complexity index is 928. The van der Waals surface area contributed by atoms with Crippen molar-refractivity contribution in [2.24, 2.45) is 0 Å². The normalized spacial score (nSPS) is 24.1. The number of rotatable bonds is 4. The molecule has 0 aliphatic carbocycles. The topological polar surface area (TPSA) is 70.1 Å². The van der Waals surface area contributed by atoms with Gasteiger partial charge in [-0.15, -0.1) is 0 Å². The van der Waals surface area contributed by atoms with E-state index in [0.717, 1.165) is 29.7 Å². The molecule has 2 saturated heterocycles. The fourth-order valence-corrected chi connectivity index (χ4v) is 4.19. The van der Waals surface area contributed by atoms with Crippen molar-refractivity contribution in [1.82, 2.24) is 15.6 Å². The van der Waals surface area contributed by atoms with E-state index in [2.05, 4.69) is 21.7 Å². The maximum absolute atomic E-state index is 12.5. The molecular weight excluding hydrogens is 326 g/mol. The summed E-state index contributed by atoms with van der Waals surface area (Å²) in [6.07, 6.45) is 5.29. The van der Waals surface area contributed by atoms with Crippen molar-refractivity contribution in [3.05, 3.63) is 60.5 Å². The van der Waals surface area contributed by atoms with Crippen molar-refractivity contribution in [3.63, 3.8) is 0 Å². The second kappa shape index (κ2) is 6.18. The number of carbonyl (C=O) groups is 1. The fraction of sp³-hybridized carbons (Fsp3) is 0.286. The zero-order chi connectivity index (χ0) is 17.5. The first-order valence-electron chi connectivity index (χ1n) is 9.17. The highest BCUT2D eigenvalue weighted by molar-refractivity contribution is 5.92. The molecular formula is C21H21N3O2. The first-order valence-corrected chi connectivity index (χ1v) is 9.17. The molecule has 2 fully saturated rings. The second-order valence-electron chi connectivity index (χ2n) is 7.19. The molecule has 132 valence electrons. The molecule has 0 saturated carbocycles. The van der Waals surface area contributed by atoms with Crippen LogP contribution < -0.4 is 10.6 Å². The van der Waals surface area contributed by atoms with Gasteiger partial charge in [0.2, 0.25) is 0 Å². The van der Waals surface area contributed by atoms with E-state index in [-0.39, 0.29) is 11.9 Å². The number of hydrogen-bond acceptors (Lipinski definition) is 3. The second-order valence-corrected chi connectivity index (χ2v) is 7.19. The highest BCUT2D eigenvalue weighted by Crippen LogP contribution is 2.29. The van der Waals surface area contributed by atoms with Crippen molar-refractivity contribution in [2.75, 3.05) is 0 Å². The quantitative estimate of drug-likeness (QED) is 0.676. The standard InChI is InChI=1S/C21H21N3O2/c25-21(24-18-12-15-6-7-17(18)23-15)20-9-8-19(26-20)14-4-1-3-13(11-14)16-5-2-10-22-16/h1-5,8-11,15,17-18,22-23H,6-7,12H2,(H,24,25). The van der Waals surface area contributed by atoms with E-state index in [4.69, 9.17) is 4.42 Å². The molecule has 5 nitrogen and oxygen atoms in total. The predicted molar refractivity (Wildman–Crippen MR) is 99.7 cm³/mol. The van der Waals surface area contributed by atoms with E-state index in [1.165, 1.54) is 6.42 Å². The third-order valence-corrected chi connectivity index (χ3v) is 5.50. The molecule has 3 N–H and O–H groups in total. The van der Waals surface area contributed by atoms with Crippen LogP contribution in [0, 0.1) is 0 Å². The number of hydrogen-bond donors (Lipinski definition) is 3. The zero-order valence-corrected chi connectivity index (χ0v) is 14.4. The molecule has 4 heterocycles. The monoisotopic (exact) mass is 347 g/mol. The van der Waals surface area contributed by atoms with Crippen LogP contribution in [0.15, 0.2) is 59.1 Å². The van der Waals surface area contributed by atoms with Crippen LogP contribution in [0.25, 0.3) is 22.6 Å². The Morgan fingerprint density at radius 3 is 2.77 bits per heavy atom. The fourth-order valence-electron chi connectivity index (χ4n) is 4.19. The summed E-state index contributed by atoms with van der Waals surface area (Å²) >= 11 is 0. The van der Waals surface area contributed by atoms with Gasteiger partial charge in [-0.3, -0.25) is 4.79 Å². The summed E-state index contributed by atoms with van der Waals surface area (Å²) in [5, 5.41) is 6.66. The van der Waals surface area contributed by atoms with Gasteiger partial charge >= 0.3 is 0 Å². The van der Waals surface area contributed by atoms with E-state index in [0.29, 0.717) is 23.6 Å². The summed E-state index contributed by atoms with van der Waals surface area (Å²) in [6, 6.07) is 16.9. The molecule has 5 rings (SSSR count). The molecule has 3 atom stereocenters. The summed E-state index contributed by atoms with van der Waals surface area (Å²) in [6.45, 7) is 0. The van der Waals surface area contributed by atoms with E-state index in [9.17, 15) is 4.79 Å². The number of amides is 1. The molecule has 1 aromatic carbocycles. The third-order valence-electron chi connectivity index (χ3n) is 5.50. The summed E-state index contributed by atoms with van der Waals surface area (Å²) in [5.74, 6) is 0.943. The first-order chi connectivity index (χ1) is 12.8. The number of aromatic amines is 1. The summed E-state index contributed by atoms with van der Waals surface area (Å²) in [4.78, 5) is 15.7. The van der Waals surface area contributed by atoms with E-state index >= 15 is 0 Å². The number of fused-ring (bicyclic) bond motifs is 2. The summed E-state index contributed by atoms with van der Waals surface area (Å²) in [7, 11) is 0. The van der Waals surface area contributed by atoms with Gasteiger partial charge in [0.1, 0.15) is 5.76 Å². The third kappa shape index (κ3) is 2.74. The minimum absolute atomic E-state index is 0.129. The van der Waals surface area contributed by atoms with Crippen molar-refractivity contribution in [1.29, 1.82) is 0 Å². The molecule has 2 aliphatic rings. The van der Waals surface area contributed by atoms with E-state index in [1.54, 1.807) is 6.07 Å². The molecule has 2 aromatic heterocycles. The number of nitrogens with one attached hydrogen (secondary N) is 3. The van der Waals surface area contributed by atoms with Crippen LogP contribution in [0.1, 0.15) is 29.8 Å². The van der Waals surface area contributed by atoms with Crippen LogP contribution in [0.4, 0.5) is 0 Å². The molecule has 0 spiro atoms. The minimum atomic E-state index is -0.129. The predicted octanol–water partition coefficient (Wildman–Crippen LogP) is 3.56. The molecule has 5 heteroatoms. The summed E-state index contributed by atoms with van der Waals surface area (Å²) < 4.78 is 5.85. The molecule has 3 unspecified atom stereocenters. The van der Waals surface area contributed by atoms with Crippen molar-refractivity contribution in [2.45, 2.75) is 37.4 Å². The van der Waals surface area contributed by atoms with Gasteiger partial charge in [0.25, 0.3) is 5.91 Å². The Kier molecular flexibility index (Phi) is 3.68. The first kappa shape index (κ1) is 15.5. The van der Waals surface area contributed by atoms with Crippen LogP contribution in [0.3, 0.4) is 0 Å². The van der Waals surface area contributed by atoms with Gasteiger partial charge in [0, 0.05) is 35.6 Å². The SMILES string of the molecule is O=C(NC1CC2CCC1N2)c1ccc(-c2cccc(-c3ccc[nH]3)c2)o1. The number of H-pyrrole nitrogens is 1. The van der Waals surface area contributed by atoms with Crippen molar-refractivity contribution < 1.29 is 9.21 Å². The number of benzene rings is 1. The Balaban J connectivity index is 1.34. The molecule has 0 radical (unpaired) electrons. The van der Waals surface area contributed by atoms with Gasteiger partial charge in [-0.1, -0.05) is 18.2 Å². The molecule has 26 heavy (non-hydrogen) atoms. The minimum Gasteiger partial charge on any atom is -0.451 e. The Labute approximate surface area is 151 Å². The molecule has 3 aromatic rings. The number of aromatic nitrogens is 1. The Hall–Kier alpha value is -2.79. The van der Waals surface area contributed by atoms with Crippen LogP contribution in [0.5, 0.6) is 0 Å². The smallest absolute Gasteiger partial charge is 0.287 e. The lowest BCUT2D eigenvalue weighted by Gasteiger charge is -2.20. The zero-order valence-electron chi connectivity index (χ0n) is 14.4. The maximum atomic E-state index is 12.5. The van der Waals surface area contributed by atoms with Crippen molar-refractivity contribution in [3.8, 4) is 22.6 Å². The van der Waals surface area contributed by atoms with Gasteiger partial charge in [-0.25, -0.2) is 0 Å². The van der Waals surface area contributed by atoms with E-state index < -0.39 is 0 Å². The summed E-state index contributed by atoms with van der Waals surface area (Å²) in [5.41, 5.74) is 3.10. The Morgan fingerprint density at radius 1 is 1.08 bits per heavy atom. The maximum Gasteiger partial charge on any atom is 0.287 e. The van der Waals surface area contributed by atoms with Crippen molar-refractivity contribution >= 4 is 5.91 Å². The lowest BCUT2D eigenvalue weighted by atomic mass is 9.95.